The van der Waals surface area contributed by atoms with Crippen LogP contribution < -0.4 is 0 Å². The molecule has 0 saturated carbocycles. The van der Waals surface area contributed by atoms with Crippen molar-refractivity contribution in [1.29, 1.82) is 0 Å². The van der Waals surface area contributed by atoms with E-state index in [9.17, 15) is 18.7 Å². The second-order valence-corrected chi connectivity index (χ2v) is 6.98. The Morgan fingerprint density at radius 1 is 1.00 bits per heavy atom. The Balaban J connectivity index is 1.90. The molecule has 0 amide bonds. The molecule has 5 nitrogen and oxygen atoms in total. The van der Waals surface area contributed by atoms with Crippen molar-refractivity contribution in [1.82, 2.24) is 9.97 Å². The van der Waals surface area contributed by atoms with Crippen molar-refractivity contribution in [3.8, 4) is 0 Å². The minimum atomic E-state index is -0.836. The van der Waals surface area contributed by atoms with E-state index in [2.05, 4.69) is 9.97 Å². The SMILES string of the molecule is CCOC(=O)C(O)=Cc1cc(C(Cc2ccc(F)cc2)Cc2ccc(F)cc2)ncn1. The molecule has 31 heavy (non-hydrogen) atoms. The third-order valence-corrected chi connectivity index (χ3v) is 4.69. The zero-order valence-electron chi connectivity index (χ0n) is 17.0. The lowest BCUT2D eigenvalue weighted by Gasteiger charge is -2.17. The summed E-state index contributed by atoms with van der Waals surface area (Å²) < 4.78 is 31.4. The first-order valence-electron chi connectivity index (χ1n) is 9.83. The van der Waals surface area contributed by atoms with Gasteiger partial charge in [-0.1, -0.05) is 24.3 Å². The normalized spacial score (nSPS) is 11.5. The molecule has 1 N–H and O–H groups in total. The van der Waals surface area contributed by atoms with Crippen LogP contribution in [-0.2, 0) is 22.4 Å². The van der Waals surface area contributed by atoms with Gasteiger partial charge in [-0.3, -0.25) is 0 Å². The van der Waals surface area contributed by atoms with Gasteiger partial charge in [-0.25, -0.2) is 23.5 Å². The lowest BCUT2D eigenvalue weighted by atomic mass is 9.89. The lowest BCUT2D eigenvalue weighted by Crippen LogP contribution is -2.10. The van der Waals surface area contributed by atoms with Gasteiger partial charge in [0.1, 0.15) is 18.0 Å². The molecular formula is C24H22F2N2O3. The van der Waals surface area contributed by atoms with Crippen molar-refractivity contribution < 1.29 is 23.4 Å². The smallest absolute Gasteiger partial charge is 0.373 e. The van der Waals surface area contributed by atoms with Crippen LogP contribution in [0.2, 0.25) is 0 Å². The maximum Gasteiger partial charge on any atom is 0.373 e. The first-order valence-corrected chi connectivity index (χ1v) is 9.83. The van der Waals surface area contributed by atoms with Crippen molar-refractivity contribution >= 4 is 12.0 Å². The van der Waals surface area contributed by atoms with Crippen LogP contribution in [0.15, 0.2) is 66.7 Å². The summed E-state index contributed by atoms with van der Waals surface area (Å²) in [5.41, 5.74) is 2.85. The van der Waals surface area contributed by atoms with Crippen LogP contribution in [0.3, 0.4) is 0 Å². The first kappa shape index (κ1) is 22.1. The molecule has 1 heterocycles. The van der Waals surface area contributed by atoms with E-state index < -0.39 is 11.7 Å². The van der Waals surface area contributed by atoms with Gasteiger partial charge in [0.2, 0.25) is 5.76 Å². The Hall–Kier alpha value is -3.61. The van der Waals surface area contributed by atoms with Crippen LogP contribution in [0, 0.1) is 11.6 Å². The molecule has 0 saturated heterocycles. The van der Waals surface area contributed by atoms with Gasteiger partial charge in [-0.2, -0.15) is 0 Å². The van der Waals surface area contributed by atoms with Crippen LogP contribution in [0.1, 0.15) is 35.4 Å². The van der Waals surface area contributed by atoms with Crippen LogP contribution in [0.5, 0.6) is 0 Å². The fourth-order valence-corrected chi connectivity index (χ4v) is 3.19. The fourth-order valence-electron chi connectivity index (χ4n) is 3.19. The molecule has 160 valence electrons. The number of aliphatic hydroxyl groups is 1. The fraction of sp³-hybridized carbons (Fsp3) is 0.208. The summed E-state index contributed by atoms with van der Waals surface area (Å²) in [6, 6.07) is 14.1. The van der Waals surface area contributed by atoms with E-state index in [4.69, 9.17) is 4.74 Å². The zero-order valence-corrected chi connectivity index (χ0v) is 17.0. The van der Waals surface area contributed by atoms with Crippen molar-refractivity contribution in [3.63, 3.8) is 0 Å². The first-order chi connectivity index (χ1) is 14.9. The number of rotatable bonds is 8. The number of esters is 1. The number of aromatic nitrogens is 2. The Morgan fingerprint density at radius 2 is 1.55 bits per heavy atom. The standard InChI is InChI=1S/C24H22F2N2O3/c1-2-31-24(30)23(29)14-21-13-22(28-15-27-21)18(11-16-3-7-19(25)8-4-16)12-17-5-9-20(26)10-6-17/h3-10,13-15,18,29H,2,11-12H2,1H3. The summed E-state index contributed by atoms with van der Waals surface area (Å²) in [5.74, 6) is -2.15. The maximum atomic E-state index is 13.3. The van der Waals surface area contributed by atoms with Gasteiger partial charge in [0.05, 0.1) is 12.3 Å². The number of carbonyl (C=O) groups excluding carboxylic acids is 1. The van der Waals surface area contributed by atoms with Gasteiger partial charge in [-0.15, -0.1) is 0 Å². The number of hydrogen-bond acceptors (Lipinski definition) is 5. The number of ether oxygens (including phenoxy) is 1. The summed E-state index contributed by atoms with van der Waals surface area (Å²) in [4.78, 5) is 20.1. The molecule has 3 rings (SSSR count). The highest BCUT2D eigenvalue weighted by molar-refractivity contribution is 5.90. The molecule has 3 aromatic rings. The van der Waals surface area contributed by atoms with Crippen molar-refractivity contribution in [2.45, 2.75) is 25.7 Å². The van der Waals surface area contributed by atoms with Gasteiger partial charge >= 0.3 is 5.97 Å². The predicted octanol–water partition coefficient (Wildman–Crippen LogP) is 4.79. The molecule has 0 fully saturated rings. The molecular weight excluding hydrogens is 402 g/mol. The zero-order chi connectivity index (χ0) is 22.2. The van der Waals surface area contributed by atoms with E-state index in [1.54, 1.807) is 37.3 Å². The summed E-state index contributed by atoms with van der Waals surface area (Å²) in [5, 5.41) is 9.91. The third kappa shape index (κ3) is 6.44. The Bertz CT molecular complexity index is 1000. The highest BCUT2D eigenvalue weighted by Crippen LogP contribution is 2.25. The quantitative estimate of drug-likeness (QED) is 0.320. The second kappa shape index (κ2) is 10.4. The average Bonchev–Trinajstić information content (AvgIpc) is 2.76. The molecule has 1 aromatic heterocycles. The van der Waals surface area contributed by atoms with Crippen LogP contribution in [-0.4, -0.2) is 27.7 Å². The number of benzene rings is 2. The molecule has 7 heteroatoms. The molecule has 0 radical (unpaired) electrons. The van der Waals surface area contributed by atoms with Gasteiger partial charge in [0.25, 0.3) is 0 Å². The Morgan fingerprint density at radius 3 is 2.06 bits per heavy atom. The molecule has 0 bridgehead atoms. The molecule has 0 unspecified atom stereocenters. The summed E-state index contributed by atoms with van der Waals surface area (Å²) in [6.45, 7) is 1.78. The van der Waals surface area contributed by atoms with E-state index in [0.717, 1.165) is 11.1 Å². The second-order valence-electron chi connectivity index (χ2n) is 6.98. The number of aliphatic hydroxyl groups excluding tert-OH is 1. The Labute approximate surface area is 179 Å². The van der Waals surface area contributed by atoms with Gasteiger partial charge in [0.15, 0.2) is 0 Å². The van der Waals surface area contributed by atoms with Crippen molar-refractivity contribution in [2.24, 2.45) is 0 Å². The van der Waals surface area contributed by atoms with Crippen LogP contribution in [0.25, 0.3) is 6.08 Å². The molecule has 2 aromatic carbocycles. The van der Waals surface area contributed by atoms with E-state index in [0.29, 0.717) is 24.2 Å². The summed E-state index contributed by atoms with van der Waals surface area (Å²) >= 11 is 0. The highest BCUT2D eigenvalue weighted by atomic mass is 19.1. The number of halogens is 2. The largest absolute Gasteiger partial charge is 0.502 e. The molecule has 0 aliphatic carbocycles. The maximum absolute atomic E-state index is 13.3. The van der Waals surface area contributed by atoms with E-state index in [-0.39, 0.29) is 24.2 Å². The molecule has 0 aliphatic rings. The van der Waals surface area contributed by atoms with E-state index in [1.807, 2.05) is 0 Å². The van der Waals surface area contributed by atoms with Crippen molar-refractivity contribution in [3.05, 3.63) is 101 Å². The number of hydrogen-bond donors (Lipinski definition) is 1. The summed E-state index contributed by atoms with van der Waals surface area (Å²) in [6.07, 6.45) is 3.68. The monoisotopic (exact) mass is 424 g/mol. The minimum Gasteiger partial charge on any atom is -0.502 e. The number of nitrogens with zero attached hydrogens (tertiary/aromatic N) is 2. The predicted molar refractivity (Wildman–Crippen MR) is 112 cm³/mol. The Kier molecular flexibility index (Phi) is 7.43. The van der Waals surface area contributed by atoms with E-state index >= 15 is 0 Å². The van der Waals surface area contributed by atoms with Gasteiger partial charge in [-0.05, 0) is 61.2 Å². The third-order valence-electron chi connectivity index (χ3n) is 4.69. The lowest BCUT2D eigenvalue weighted by molar-refractivity contribution is -0.141. The van der Waals surface area contributed by atoms with Crippen LogP contribution >= 0.6 is 0 Å². The number of carbonyl (C=O) groups is 1. The molecule has 0 spiro atoms. The van der Waals surface area contributed by atoms with E-state index in [1.165, 1.54) is 36.7 Å². The minimum absolute atomic E-state index is 0.129. The van der Waals surface area contributed by atoms with Gasteiger partial charge < -0.3 is 9.84 Å². The molecule has 0 atom stereocenters. The van der Waals surface area contributed by atoms with Crippen LogP contribution in [0.4, 0.5) is 8.78 Å². The van der Waals surface area contributed by atoms with Gasteiger partial charge in [0, 0.05) is 17.7 Å². The average molecular weight is 424 g/mol. The molecule has 0 aliphatic heterocycles. The van der Waals surface area contributed by atoms with Crippen molar-refractivity contribution in [2.75, 3.05) is 6.61 Å². The topological polar surface area (TPSA) is 72.3 Å². The summed E-state index contributed by atoms with van der Waals surface area (Å²) in [7, 11) is 0. The highest BCUT2D eigenvalue weighted by Gasteiger charge is 2.17.